The summed E-state index contributed by atoms with van der Waals surface area (Å²) in [5.41, 5.74) is 7.33. The highest BCUT2D eigenvalue weighted by molar-refractivity contribution is 5.93. The normalized spacial score (nSPS) is 17.9. The number of primary amides is 1. The first kappa shape index (κ1) is 15.9. The zero-order valence-corrected chi connectivity index (χ0v) is 12.8. The molecule has 5 heteroatoms. The minimum atomic E-state index is -0.659. The SMILES string of the molecule is Cc1cc(C(N)=O)ccc1CN(C)CC1(O)CCOCC1. The van der Waals surface area contributed by atoms with Gasteiger partial charge in [-0.3, -0.25) is 9.69 Å². The van der Waals surface area contributed by atoms with E-state index in [0.717, 1.165) is 17.7 Å². The molecule has 1 aromatic carbocycles. The Kier molecular flexibility index (Phi) is 4.98. The van der Waals surface area contributed by atoms with Crippen molar-refractivity contribution in [1.82, 2.24) is 4.90 Å². The van der Waals surface area contributed by atoms with Gasteiger partial charge in [0.2, 0.25) is 5.91 Å². The van der Waals surface area contributed by atoms with Crippen LogP contribution in [0.15, 0.2) is 18.2 Å². The van der Waals surface area contributed by atoms with Crippen LogP contribution >= 0.6 is 0 Å². The molecule has 0 saturated carbocycles. The van der Waals surface area contributed by atoms with Gasteiger partial charge in [0.15, 0.2) is 0 Å². The maximum Gasteiger partial charge on any atom is 0.248 e. The zero-order chi connectivity index (χ0) is 15.5. The lowest BCUT2D eigenvalue weighted by atomic mass is 9.93. The van der Waals surface area contributed by atoms with Crippen molar-refractivity contribution in [2.45, 2.75) is 31.9 Å². The standard InChI is InChI=1S/C16H24N2O3/c1-12-9-13(15(17)19)3-4-14(12)10-18(2)11-16(20)5-7-21-8-6-16/h3-4,9,20H,5-8,10-11H2,1-2H3,(H2,17,19). The van der Waals surface area contributed by atoms with Crippen molar-refractivity contribution in [2.75, 3.05) is 26.8 Å². The van der Waals surface area contributed by atoms with Crippen LogP contribution in [0.3, 0.4) is 0 Å². The smallest absolute Gasteiger partial charge is 0.248 e. The van der Waals surface area contributed by atoms with E-state index in [-0.39, 0.29) is 0 Å². The van der Waals surface area contributed by atoms with Crippen LogP contribution in [-0.4, -0.2) is 48.3 Å². The molecule has 1 amide bonds. The van der Waals surface area contributed by atoms with Gasteiger partial charge in [-0.15, -0.1) is 0 Å². The first-order chi connectivity index (χ1) is 9.89. The molecule has 1 aliphatic heterocycles. The van der Waals surface area contributed by atoms with Gasteiger partial charge in [0.1, 0.15) is 0 Å². The van der Waals surface area contributed by atoms with Gasteiger partial charge < -0.3 is 15.6 Å². The van der Waals surface area contributed by atoms with Crippen molar-refractivity contribution < 1.29 is 14.6 Å². The minimum Gasteiger partial charge on any atom is -0.388 e. The number of benzene rings is 1. The van der Waals surface area contributed by atoms with E-state index in [1.807, 2.05) is 26.1 Å². The van der Waals surface area contributed by atoms with Gasteiger partial charge in [-0.1, -0.05) is 6.07 Å². The van der Waals surface area contributed by atoms with Crippen LogP contribution in [0.25, 0.3) is 0 Å². The van der Waals surface area contributed by atoms with Crippen molar-refractivity contribution in [2.24, 2.45) is 5.73 Å². The molecule has 0 bridgehead atoms. The molecule has 1 aliphatic rings. The molecular weight excluding hydrogens is 268 g/mol. The number of nitrogens with two attached hydrogens (primary N) is 1. The molecule has 1 heterocycles. The van der Waals surface area contributed by atoms with E-state index >= 15 is 0 Å². The Morgan fingerprint density at radius 2 is 2.10 bits per heavy atom. The quantitative estimate of drug-likeness (QED) is 0.851. The second-order valence-electron chi connectivity index (χ2n) is 6.01. The van der Waals surface area contributed by atoms with Gasteiger partial charge in [0, 0.05) is 44.7 Å². The van der Waals surface area contributed by atoms with Gasteiger partial charge in [-0.2, -0.15) is 0 Å². The van der Waals surface area contributed by atoms with E-state index in [2.05, 4.69) is 4.90 Å². The Balaban J connectivity index is 1.99. The predicted octanol–water partition coefficient (Wildman–Crippen LogP) is 1.07. The average Bonchev–Trinajstić information content (AvgIpc) is 2.41. The lowest BCUT2D eigenvalue weighted by molar-refractivity contribution is -0.0777. The molecule has 2 rings (SSSR count). The van der Waals surface area contributed by atoms with Crippen molar-refractivity contribution >= 4 is 5.91 Å². The van der Waals surface area contributed by atoms with Crippen molar-refractivity contribution in [1.29, 1.82) is 0 Å². The Hall–Kier alpha value is -1.43. The fourth-order valence-electron chi connectivity index (χ4n) is 2.79. The number of hydrogen-bond donors (Lipinski definition) is 2. The molecule has 0 aliphatic carbocycles. The number of amides is 1. The number of ether oxygens (including phenoxy) is 1. The van der Waals surface area contributed by atoms with Crippen molar-refractivity contribution in [3.63, 3.8) is 0 Å². The summed E-state index contributed by atoms with van der Waals surface area (Å²) >= 11 is 0. The molecule has 3 N–H and O–H groups in total. The highest BCUT2D eigenvalue weighted by Gasteiger charge is 2.30. The van der Waals surface area contributed by atoms with E-state index in [1.165, 1.54) is 0 Å². The van der Waals surface area contributed by atoms with Crippen LogP contribution in [-0.2, 0) is 11.3 Å². The summed E-state index contributed by atoms with van der Waals surface area (Å²) in [7, 11) is 1.99. The second-order valence-corrected chi connectivity index (χ2v) is 6.01. The number of nitrogens with zero attached hydrogens (tertiary/aromatic N) is 1. The summed E-state index contributed by atoms with van der Waals surface area (Å²) in [4.78, 5) is 13.3. The number of likely N-dealkylation sites (N-methyl/N-ethyl adjacent to an activating group) is 1. The number of aliphatic hydroxyl groups is 1. The molecule has 21 heavy (non-hydrogen) atoms. The van der Waals surface area contributed by atoms with Crippen LogP contribution in [0.5, 0.6) is 0 Å². The third kappa shape index (κ3) is 4.27. The second kappa shape index (κ2) is 6.56. The summed E-state index contributed by atoms with van der Waals surface area (Å²) in [5, 5.41) is 10.5. The van der Waals surface area contributed by atoms with Crippen molar-refractivity contribution in [3.8, 4) is 0 Å². The van der Waals surface area contributed by atoms with Crippen LogP contribution in [0.1, 0.15) is 34.3 Å². The Morgan fingerprint density at radius 1 is 1.43 bits per heavy atom. The van der Waals surface area contributed by atoms with E-state index in [9.17, 15) is 9.90 Å². The highest BCUT2D eigenvalue weighted by atomic mass is 16.5. The summed E-state index contributed by atoms with van der Waals surface area (Å²) in [6.45, 7) is 4.56. The van der Waals surface area contributed by atoms with E-state index in [4.69, 9.17) is 10.5 Å². The summed E-state index contributed by atoms with van der Waals surface area (Å²) in [6.07, 6.45) is 1.36. The number of rotatable bonds is 5. The van der Waals surface area contributed by atoms with Crippen LogP contribution in [0, 0.1) is 6.92 Å². The first-order valence-corrected chi connectivity index (χ1v) is 7.28. The molecule has 0 unspecified atom stereocenters. The maximum atomic E-state index is 11.2. The highest BCUT2D eigenvalue weighted by Crippen LogP contribution is 2.22. The molecule has 1 saturated heterocycles. The molecule has 1 fully saturated rings. The largest absolute Gasteiger partial charge is 0.388 e. The molecule has 0 aromatic heterocycles. The average molecular weight is 292 g/mol. The lowest BCUT2D eigenvalue weighted by Gasteiger charge is -2.35. The molecule has 5 nitrogen and oxygen atoms in total. The number of carbonyl (C=O) groups excluding carboxylic acids is 1. The Labute approximate surface area is 125 Å². The van der Waals surface area contributed by atoms with Gasteiger partial charge in [-0.25, -0.2) is 0 Å². The van der Waals surface area contributed by atoms with E-state index in [1.54, 1.807) is 6.07 Å². The van der Waals surface area contributed by atoms with E-state index in [0.29, 0.717) is 38.2 Å². The molecule has 0 atom stereocenters. The number of carbonyl (C=O) groups is 1. The molecule has 116 valence electrons. The topological polar surface area (TPSA) is 75.8 Å². The third-order valence-corrected chi connectivity index (χ3v) is 4.06. The fourth-order valence-corrected chi connectivity index (χ4v) is 2.79. The molecule has 0 radical (unpaired) electrons. The molecular formula is C16H24N2O3. The van der Waals surface area contributed by atoms with Crippen molar-refractivity contribution in [3.05, 3.63) is 34.9 Å². The van der Waals surface area contributed by atoms with Gasteiger partial charge in [-0.05, 0) is 37.2 Å². The molecule has 1 aromatic rings. The fraction of sp³-hybridized carbons (Fsp3) is 0.562. The maximum absolute atomic E-state index is 11.2. The Morgan fingerprint density at radius 3 is 2.67 bits per heavy atom. The summed E-state index contributed by atoms with van der Waals surface area (Å²) in [5.74, 6) is -0.408. The first-order valence-electron chi connectivity index (χ1n) is 7.28. The monoisotopic (exact) mass is 292 g/mol. The minimum absolute atomic E-state index is 0.408. The lowest BCUT2D eigenvalue weighted by Crippen LogP contribution is -2.45. The van der Waals surface area contributed by atoms with E-state index < -0.39 is 11.5 Å². The van der Waals surface area contributed by atoms with Crippen LogP contribution in [0.4, 0.5) is 0 Å². The third-order valence-electron chi connectivity index (χ3n) is 4.06. The van der Waals surface area contributed by atoms with Gasteiger partial charge in [0.25, 0.3) is 0 Å². The van der Waals surface area contributed by atoms with Crippen LogP contribution < -0.4 is 5.73 Å². The number of aryl methyl sites for hydroxylation is 1. The predicted molar refractivity (Wildman–Crippen MR) is 81.0 cm³/mol. The molecule has 0 spiro atoms. The summed E-state index contributed by atoms with van der Waals surface area (Å²) < 4.78 is 5.30. The van der Waals surface area contributed by atoms with Crippen LogP contribution in [0.2, 0.25) is 0 Å². The van der Waals surface area contributed by atoms with Gasteiger partial charge in [0.05, 0.1) is 5.60 Å². The van der Waals surface area contributed by atoms with Gasteiger partial charge >= 0.3 is 0 Å². The zero-order valence-electron chi connectivity index (χ0n) is 12.8. The number of hydrogen-bond acceptors (Lipinski definition) is 4. The summed E-state index contributed by atoms with van der Waals surface area (Å²) in [6, 6.07) is 5.50. The Bertz CT molecular complexity index is 510.